The van der Waals surface area contributed by atoms with E-state index < -0.39 is 0 Å². The summed E-state index contributed by atoms with van der Waals surface area (Å²) in [4.78, 5) is 17.4. The molecule has 0 radical (unpaired) electrons. The molecule has 1 aromatic carbocycles. The number of pyridine rings is 1. The van der Waals surface area contributed by atoms with E-state index in [1.165, 1.54) is 23.5 Å². The lowest BCUT2D eigenvalue weighted by atomic mass is 10.1. The van der Waals surface area contributed by atoms with Crippen LogP contribution in [0.2, 0.25) is 0 Å². The van der Waals surface area contributed by atoms with Gasteiger partial charge in [0.25, 0.3) is 5.91 Å². The van der Waals surface area contributed by atoms with E-state index in [4.69, 9.17) is 0 Å². The number of hydrogen-bond donors (Lipinski definition) is 1. The van der Waals surface area contributed by atoms with Gasteiger partial charge in [-0.3, -0.25) is 9.78 Å². The third-order valence-electron chi connectivity index (χ3n) is 2.99. The molecular weight excluding hydrogens is 275 g/mol. The molecule has 0 saturated heterocycles. The van der Waals surface area contributed by atoms with E-state index in [0.29, 0.717) is 10.4 Å². The fourth-order valence-electron chi connectivity index (χ4n) is 1.97. The predicted octanol–water partition coefficient (Wildman–Crippen LogP) is 3.46. The van der Waals surface area contributed by atoms with Crippen molar-refractivity contribution in [2.24, 2.45) is 0 Å². The van der Waals surface area contributed by atoms with Crippen molar-refractivity contribution >= 4 is 28.1 Å². The Hall–Kier alpha value is -2.27. The zero-order valence-corrected chi connectivity index (χ0v) is 11.5. The topological polar surface area (TPSA) is 42.0 Å². The number of fused-ring (bicyclic) bond motifs is 1. The van der Waals surface area contributed by atoms with Gasteiger partial charge in [0.05, 0.1) is 10.4 Å². The zero-order valence-electron chi connectivity index (χ0n) is 10.7. The Morgan fingerprint density at radius 2 is 2.10 bits per heavy atom. The smallest absolute Gasteiger partial charge is 0.261 e. The SMILES string of the molecule is CNC(=O)c1ccc(-c2cnc3cc(F)ccc3c2)s1. The molecule has 0 atom stereocenters. The molecule has 0 aliphatic heterocycles. The first kappa shape index (κ1) is 12.7. The summed E-state index contributed by atoms with van der Waals surface area (Å²) in [6, 6.07) is 10.1. The van der Waals surface area contributed by atoms with Gasteiger partial charge in [0.2, 0.25) is 0 Å². The normalized spacial score (nSPS) is 10.7. The van der Waals surface area contributed by atoms with Gasteiger partial charge in [0, 0.05) is 35.1 Å². The second kappa shape index (κ2) is 5.02. The van der Waals surface area contributed by atoms with Crippen LogP contribution in [0.25, 0.3) is 21.3 Å². The van der Waals surface area contributed by atoms with Crippen molar-refractivity contribution in [3.63, 3.8) is 0 Å². The maximum absolute atomic E-state index is 13.1. The fraction of sp³-hybridized carbons (Fsp3) is 0.0667. The summed E-state index contributed by atoms with van der Waals surface area (Å²) in [5, 5.41) is 3.47. The van der Waals surface area contributed by atoms with Gasteiger partial charge in [0.1, 0.15) is 5.82 Å². The highest BCUT2D eigenvalue weighted by atomic mass is 32.1. The Bertz CT molecular complexity index is 797. The fourth-order valence-corrected chi connectivity index (χ4v) is 2.90. The molecule has 3 nitrogen and oxygen atoms in total. The highest BCUT2D eigenvalue weighted by molar-refractivity contribution is 7.17. The molecule has 0 spiro atoms. The van der Waals surface area contributed by atoms with Crippen LogP contribution in [-0.2, 0) is 0 Å². The van der Waals surface area contributed by atoms with Crippen molar-refractivity contribution in [1.82, 2.24) is 10.3 Å². The molecule has 0 aliphatic carbocycles. The zero-order chi connectivity index (χ0) is 14.1. The summed E-state index contributed by atoms with van der Waals surface area (Å²) >= 11 is 1.40. The van der Waals surface area contributed by atoms with Crippen molar-refractivity contribution < 1.29 is 9.18 Å². The highest BCUT2D eigenvalue weighted by Crippen LogP contribution is 2.29. The number of benzene rings is 1. The number of hydrogen-bond acceptors (Lipinski definition) is 3. The maximum atomic E-state index is 13.1. The number of carbonyl (C=O) groups excluding carboxylic acids is 1. The Morgan fingerprint density at radius 1 is 1.25 bits per heavy atom. The van der Waals surface area contributed by atoms with Gasteiger partial charge in [-0.05, 0) is 30.3 Å². The molecule has 5 heteroatoms. The standard InChI is InChI=1S/C15H11FN2OS/c1-17-15(19)14-5-4-13(20-14)10-6-9-2-3-11(16)7-12(9)18-8-10/h2-8H,1H3,(H,17,19). The van der Waals surface area contributed by atoms with Gasteiger partial charge in [0.15, 0.2) is 0 Å². The van der Waals surface area contributed by atoms with Crippen LogP contribution >= 0.6 is 11.3 Å². The van der Waals surface area contributed by atoms with Gasteiger partial charge in [-0.2, -0.15) is 0 Å². The van der Waals surface area contributed by atoms with Crippen LogP contribution in [0.3, 0.4) is 0 Å². The summed E-state index contributed by atoms with van der Waals surface area (Å²) in [6.45, 7) is 0. The van der Waals surface area contributed by atoms with E-state index in [1.54, 1.807) is 25.4 Å². The molecule has 3 rings (SSSR count). The molecule has 20 heavy (non-hydrogen) atoms. The van der Waals surface area contributed by atoms with E-state index in [0.717, 1.165) is 15.8 Å². The molecular formula is C15H11FN2OS. The Balaban J connectivity index is 2.03. The molecule has 1 N–H and O–H groups in total. The molecule has 0 bridgehead atoms. The van der Waals surface area contributed by atoms with Crippen LogP contribution in [0.1, 0.15) is 9.67 Å². The molecule has 1 amide bonds. The lowest BCUT2D eigenvalue weighted by molar-refractivity contribution is 0.0967. The van der Waals surface area contributed by atoms with Crippen LogP contribution in [0.5, 0.6) is 0 Å². The number of aromatic nitrogens is 1. The summed E-state index contributed by atoms with van der Waals surface area (Å²) in [7, 11) is 1.61. The van der Waals surface area contributed by atoms with Gasteiger partial charge in [-0.15, -0.1) is 11.3 Å². The van der Waals surface area contributed by atoms with E-state index in [-0.39, 0.29) is 11.7 Å². The summed E-state index contributed by atoms with van der Waals surface area (Å²) in [5.41, 5.74) is 1.54. The molecule has 0 unspecified atom stereocenters. The van der Waals surface area contributed by atoms with Crippen molar-refractivity contribution in [1.29, 1.82) is 0 Å². The number of halogens is 1. The van der Waals surface area contributed by atoms with Crippen LogP contribution in [-0.4, -0.2) is 17.9 Å². The average Bonchev–Trinajstić information content (AvgIpc) is 2.95. The highest BCUT2D eigenvalue weighted by Gasteiger charge is 2.09. The van der Waals surface area contributed by atoms with Crippen molar-refractivity contribution in [3.05, 3.63) is 53.3 Å². The Morgan fingerprint density at radius 3 is 2.90 bits per heavy atom. The minimum absolute atomic E-state index is 0.0999. The first-order valence-electron chi connectivity index (χ1n) is 6.05. The first-order chi connectivity index (χ1) is 9.67. The van der Waals surface area contributed by atoms with Crippen LogP contribution in [0, 0.1) is 5.82 Å². The lowest BCUT2D eigenvalue weighted by Gasteiger charge is -2.01. The van der Waals surface area contributed by atoms with Gasteiger partial charge < -0.3 is 5.32 Å². The number of nitrogens with zero attached hydrogens (tertiary/aromatic N) is 1. The molecule has 100 valence electrons. The largest absolute Gasteiger partial charge is 0.354 e. The first-order valence-corrected chi connectivity index (χ1v) is 6.86. The van der Waals surface area contributed by atoms with Gasteiger partial charge in [-0.25, -0.2) is 4.39 Å². The van der Waals surface area contributed by atoms with Crippen molar-refractivity contribution in [2.75, 3.05) is 7.05 Å². The number of amides is 1. The summed E-state index contributed by atoms with van der Waals surface area (Å²) < 4.78 is 13.1. The lowest BCUT2D eigenvalue weighted by Crippen LogP contribution is -2.15. The minimum atomic E-state index is -0.296. The predicted molar refractivity (Wildman–Crippen MR) is 78.4 cm³/mol. The molecule has 2 heterocycles. The molecule has 0 saturated carbocycles. The van der Waals surface area contributed by atoms with Crippen LogP contribution in [0.15, 0.2) is 42.6 Å². The summed E-state index contributed by atoms with van der Waals surface area (Å²) in [5.74, 6) is -0.396. The molecule has 3 aromatic rings. The van der Waals surface area contributed by atoms with Gasteiger partial charge >= 0.3 is 0 Å². The third kappa shape index (κ3) is 2.28. The van der Waals surface area contributed by atoms with E-state index in [2.05, 4.69) is 10.3 Å². The monoisotopic (exact) mass is 286 g/mol. The number of carbonyl (C=O) groups is 1. The second-order valence-corrected chi connectivity index (χ2v) is 5.39. The maximum Gasteiger partial charge on any atom is 0.261 e. The second-order valence-electron chi connectivity index (χ2n) is 4.30. The molecule has 0 aliphatic rings. The van der Waals surface area contributed by atoms with Crippen LogP contribution in [0.4, 0.5) is 4.39 Å². The number of thiophene rings is 1. The van der Waals surface area contributed by atoms with E-state index in [9.17, 15) is 9.18 Å². The van der Waals surface area contributed by atoms with Crippen LogP contribution < -0.4 is 5.32 Å². The Kier molecular flexibility index (Phi) is 3.20. The molecule has 2 aromatic heterocycles. The van der Waals surface area contributed by atoms with Crippen molar-refractivity contribution in [3.8, 4) is 10.4 Å². The Labute approximate surface area is 119 Å². The van der Waals surface area contributed by atoms with Crippen molar-refractivity contribution in [2.45, 2.75) is 0 Å². The molecule has 0 fully saturated rings. The van der Waals surface area contributed by atoms with E-state index in [1.807, 2.05) is 12.1 Å². The van der Waals surface area contributed by atoms with Gasteiger partial charge in [-0.1, -0.05) is 0 Å². The number of nitrogens with one attached hydrogen (secondary N) is 1. The van der Waals surface area contributed by atoms with E-state index >= 15 is 0 Å². The minimum Gasteiger partial charge on any atom is -0.354 e. The number of rotatable bonds is 2. The average molecular weight is 286 g/mol. The third-order valence-corrected chi connectivity index (χ3v) is 4.12. The quantitative estimate of drug-likeness (QED) is 0.784. The summed E-state index contributed by atoms with van der Waals surface area (Å²) in [6.07, 6.45) is 1.70.